The van der Waals surface area contributed by atoms with Gasteiger partial charge in [-0.15, -0.1) is 0 Å². The number of Topliss-reactive ketones (excluding diaryl/α,β-unsaturated/α-hetero) is 1. The van der Waals surface area contributed by atoms with Crippen molar-refractivity contribution in [3.8, 4) is 0 Å². The average Bonchev–Trinajstić information content (AvgIpc) is 3.86. The lowest BCUT2D eigenvalue weighted by atomic mass is 9.92. The number of alkyl halides is 2. The van der Waals surface area contributed by atoms with Crippen LogP contribution in [0.5, 0.6) is 0 Å². The van der Waals surface area contributed by atoms with Crippen LogP contribution in [0, 0.1) is 11.8 Å². The van der Waals surface area contributed by atoms with E-state index in [1.54, 1.807) is 36.1 Å². The fourth-order valence-electron chi connectivity index (χ4n) is 5.11. The number of nitrogens with zero attached hydrogens (tertiary/aromatic N) is 1. The first-order chi connectivity index (χ1) is 24.5. The highest BCUT2D eigenvalue weighted by molar-refractivity contribution is 5.98. The zero-order valence-corrected chi connectivity index (χ0v) is 31.7. The van der Waals surface area contributed by atoms with Gasteiger partial charge < -0.3 is 35.5 Å². The number of benzene rings is 1. The first-order valence-electron chi connectivity index (χ1n) is 18.2. The Bertz CT molecular complexity index is 1280. The molecule has 0 radical (unpaired) electrons. The molecule has 1 aromatic rings. The minimum Gasteiger partial charge on any atom is -0.379 e. The van der Waals surface area contributed by atoms with E-state index in [9.17, 15) is 32.8 Å². The van der Waals surface area contributed by atoms with E-state index < -0.39 is 66.6 Å². The third-order valence-corrected chi connectivity index (χ3v) is 8.56. The molecule has 0 bridgehead atoms. The van der Waals surface area contributed by atoms with Gasteiger partial charge in [-0.2, -0.15) is 8.78 Å². The Balaban J connectivity index is 0.00000222. The first kappa shape index (κ1) is 44.6. The van der Waals surface area contributed by atoms with Crippen LogP contribution in [0.2, 0.25) is 0 Å². The van der Waals surface area contributed by atoms with Crippen LogP contribution in [0.1, 0.15) is 73.3 Å². The average molecular weight is 740 g/mol. The van der Waals surface area contributed by atoms with Crippen molar-refractivity contribution in [2.45, 2.75) is 111 Å². The van der Waals surface area contributed by atoms with Gasteiger partial charge in [-0.3, -0.25) is 28.9 Å². The molecule has 15 heteroatoms. The first-order valence-corrected chi connectivity index (χ1v) is 18.2. The van der Waals surface area contributed by atoms with Gasteiger partial charge in [-0.05, 0) is 44.1 Å². The van der Waals surface area contributed by atoms with Gasteiger partial charge in [0, 0.05) is 19.5 Å². The van der Waals surface area contributed by atoms with Crippen LogP contribution in [0.4, 0.5) is 8.78 Å². The number of ketones is 1. The number of halogens is 2. The summed E-state index contributed by atoms with van der Waals surface area (Å²) in [6.45, 7) is 11.7. The summed E-state index contributed by atoms with van der Waals surface area (Å²) in [7, 11) is 0. The van der Waals surface area contributed by atoms with Gasteiger partial charge in [0.25, 0.3) is 0 Å². The summed E-state index contributed by atoms with van der Waals surface area (Å²) in [4.78, 5) is 67.8. The number of carbonyl (C=O) groups excluding carboxylic acids is 5. The predicted molar refractivity (Wildman–Crippen MR) is 191 cm³/mol. The minimum atomic E-state index is -3.19. The third-order valence-electron chi connectivity index (χ3n) is 8.56. The number of ether oxygens (including phenoxy) is 3. The second-order valence-corrected chi connectivity index (χ2v) is 14.4. The fraction of sp³-hybridized carbons (Fsp3) is 0.703. The van der Waals surface area contributed by atoms with Crippen molar-refractivity contribution in [2.24, 2.45) is 11.8 Å². The lowest BCUT2D eigenvalue weighted by Crippen LogP contribution is -2.59. The molecule has 52 heavy (non-hydrogen) atoms. The van der Waals surface area contributed by atoms with E-state index in [-0.39, 0.29) is 25.4 Å². The number of epoxide rings is 1. The Labute approximate surface area is 306 Å². The molecule has 2 heterocycles. The van der Waals surface area contributed by atoms with Crippen LogP contribution in [-0.4, -0.2) is 117 Å². The highest BCUT2D eigenvalue weighted by atomic mass is 19.3. The Morgan fingerprint density at radius 3 is 1.98 bits per heavy atom. The second kappa shape index (κ2) is 22.5. The molecule has 0 spiro atoms. The van der Waals surface area contributed by atoms with E-state index >= 15 is 0 Å². The summed E-state index contributed by atoms with van der Waals surface area (Å²) in [5.74, 6) is -1.92. The van der Waals surface area contributed by atoms with Crippen molar-refractivity contribution >= 4 is 29.4 Å². The fourth-order valence-corrected chi connectivity index (χ4v) is 5.11. The van der Waals surface area contributed by atoms with Crippen LogP contribution in [0.15, 0.2) is 30.3 Å². The molecular formula is C37H59F2N5O8. The van der Waals surface area contributed by atoms with E-state index in [0.717, 1.165) is 17.9 Å². The highest BCUT2D eigenvalue weighted by Gasteiger charge is 2.50. The number of hydrogen-bond donors (Lipinski definition) is 4. The SMILES string of the molecule is CC(C)C.CCC(C)CCC(NC(=O)[C@H](Cc1ccccc1)NC(=O)C(C)NC(=O)[C@H](COC(F)F)NC(=O)CN1CCOCC1)C(=O)C1(C)CO1. The maximum Gasteiger partial charge on any atom is 0.345 e. The normalized spacial score (nSPS) is 20.0. The van der Waals surface area contributed by atoms with Crippen LogP contribution in [0.25, 0.3) is 0 Å². The molecule has 4 unspecified atom stereocenters. The maximum absolute atomic E-state index is 13.7. The molecule has 2 fully saturated rings. The molecule has 13 nitrogen and oxygen atoms in total. The number of hydrogen-bond acceptors (Lipinski definition) is 9. The van der Waals surface area contributed by atoms with E-state index in [1.165, 1.54) is 6.92 Å². The molecule has 0 aliphatic carbocycles. The molecular weight excluding hydrogens is 680 g/mol. The zero-order chi connectivity index (χ0) is 38.8. The number of morpholine rings is 1. The lowest BCUT2D eigenvalue weighted by molar-refractivity contribution is -0.148. The molecule has 1 aromatic carbocycles. The van der Waals surface area contributed by atoms with E-state index in [0.29, 0.717) is 45.1 Å². The van der Waals surface area contributed by atoms with Gasteiger partial charge in [0.2, 0.25) is 23.6 Å². The molecule has 4 amide bonds. The molecule has 294 valence electrons. The van der Waals surface area contributed by atoms with Gasteiger partial charge in [0.1, 0.15) is 23.7 Å². The lowest BCUT2D eigenvalue weighted by Gasteiger charge is -2.27. The van der Waals surface area contributed by atoms with E-state index in [1.807, 2.05) is 13.0 Å². The van der Waals surface area contributed by atoms with Crippen LogP contribution < -0.4 is 21.3 Å². The number of nitrogens with one attached hydrogen (secondary N) is 4. The van der Waals surface area contributed by atoms with Crippen molar-refractivity contribution in [1.29, 1.82) is 0 Å². The molecule has 2 saturated heterocycles. The van der Waals surface area contributed by atoms with Crippen molar-refractivity contribution in [3.05, 3.63) is 35.9 Å². The largest absolute Gasteiger partial charge is 0.379 e. The van der Waals surface area contributed by atoms with Crippen LogP contribution in [-0.2, 0) is 44.6 Å². The second-order valence-electron chi connectivity index (χ2n) is 14.4. The number of rotatable bonds is 20. The molecule has 3 rings (SSSR count). The van der Waals surface area contributed by atoms with Gasteiger partial charge in [-0.1, -0.05) is 71.4 Å². The third kappa shape index (κ3) is 16.9. The predicted octanol–water partition coefficient (Wildman–Crippen LogP) is 2.61. The highest BCUT2D eigenvalue weighted by Crippen LogP contribution is 2.30. The topological polar surface area (TPSA) is 168 Å². The van der Waals surface area contributed by atoms with Crippen molar-refractivity contribution in [1.82, 2.24) is 26.2 Å². The van der Waals surface area contributed by atoms with Crippen LogP contribution >= 0.6 is 0 Å². The molecule has 2 aliphatic rings. The molecule has 4 N–H and O–H groups in total. The van der Waals surface area contributed by atoms with Crippen LogP contribution in [0.3, 0.4) is 0 Å². The minimum absolute atomic E-state index is 0.0831. The number of carbonyl (C=O) groups is 5. The Morgan fingerprint density at radius 1 is 0.846 bits per heavy atom. The molecule has 0 saturated carbocycles. The Hall–Kier alpha value is -3.53. The zero-order valence-electron chi connectivity index (χ0n) is 31.7. The summed E-state index contributed by atoms with van der Waals surface area (Å²) >= 11 is 0. The summed E-state index contributed by atoms with van der Waals surface area (Å²) in [5.41, 5.74) is -0.228. The summed E-state index contributed by atoms with van der Waals surface area (Å²) in [6.07, 6.45) is 2.09. The summed E-state index contributed by atoms with van der Waals surface area (Å²) in [5, 5.41) is 10.3. The van der Waals surface area contributed by atoms with Gasteiger partial charge in [-0.25, -0.2) is 0 Å². The number of amides is 4. The van der Waals surface area contributed by atoms with Gasteiger partial charge >= 0.3 is 6.61 Å². The van der Waals surface area contributed by atoms with E-state index in [4.69, 9.17) is 9.47 Å². The Morgan fingerprint density at radius 2 is 1.42 bits per heavy atom. The molecule has 6 atom stereocenters. The quantitative estimate of drug-likeness (QED) is 0.147. The monoisotopic (exact) mass is 739 g/mol. The molecule has 2 aliphatic heterocycles. The van der Waals surface area contributed by atoms with Crippen molar-refractivity contribution < 1.29 is 47.0 Å². The summed E-state index contributed by atoms with van der Waals surface area (Å²) in [6, 6.07) is 4.24. The molecule has 0 aromatic heterocycles. The summed E-state index contributed by atoms with van der Waals surface area (Å²) < 4.78 is 40.6. The smallest absolute Gasteiger partial charge is 0.345 e. The van der Waals surface area contributed by atoms with Gasteiger partial charge in [0.15, 0.2) is 5.78 Å². The maximum atomic E-state index is 13.7. The Kier molecular flexibility index (Phi) is 19.3. The van der Waals surface area contributed by atoms with Crippen molar-refractivity contribution in [3.63, 3.8) is 0 Å². The van der Waals surface area contributed by atoms with Crippen molar-refractivity contribution in [2.75, 3.05) is 46.1 Å². The van der Waals surface area contributed by atoms with E-state index in [2.05, 4.69) is 53.7 Å². The van der Waals surface area contributed by atoms with Gasteiger partial charge in [0.05, 0.1) is 39.0 Å². The standard InChI is InChI=1S/C33H49F2N5O8.C4H10/c1-5-21(2)11-12-24(28(42)33(4)20-48-33)38-30(44)25(17-23-9-7-6-8-10-23)39-29(43)22(3)36-31(45)26(19-47-32(34)35)37-27(41)18-40-13-15-46-16-14-40;1-4(2)3/h6-10,21-22,24-26,32H,5,11-20H2,1-4H3,(H,36,45)(H,37,41)(H,38,44)(H,39,43);4H,1-3H3/t21?,22?,24?,25-,26-,33?;/m0./s1.